The van der Waals surface area contributed by atoms with E-state index in [-0.39, 0.29) is 5.91 Å². The van der Waals surface area contributed by atoms with Gasteiger partial charge in [-0.15, -0.1) is 0 Å². The van der Waals surface area contributed by atoms with E-state index in [0.29, 0.717) is 19.9 Å². The van der Waals surface area contributed by atoms with Crippen molar-refractivity contribution in [2.75, 3.05) is 46.1 Å². The summed E-state index contributed by atoms with van der Waals surface area (Å²) in [6, 6.07) is 16.3. The number of carbonyl (C=O) groups is 1. The van der Waals surface area contributed by atoms with Crippen molar-refractivity contribution in [3.8, 4) is 11.5 Å². The fourth-order valence-corrected chi connectivity index (χ4v) is 4.43. The lowest BCUT2D eigenvalue weighted by molar-refractivity contribution is -1.02. The molecule has 2 aromatic carbocycles. The number of hydrazone groups is 1. The molecule has 0 spiro atoms. The third kappa shape index (κ3) is 4.17. The summed E-state index contributed by atoms with van der Waals surface area (Å²) < 4.78 is 10.9. The largest absolute Gasteiger partial charge is 0.454 e. The number of amides is 1. The van der Waals surface area contributed by atoms with E-state index in [0.717, 1.165) is 61.9 Å². The molecular formula is C23H28N4O3+2. The van der Waals surface area contributed by atoms with E-state index >= 15 is 0 Å². The van der Waals surface area contributed by atoms with Crippen LogP contribution in [0.3, 0.4) is 0 Å². The van der Waals surface area contributed by atoms with Crippen LogP contribution in [-0.2, 0) is 11.3 Å². The van der Waals surface area contributed by atoms with Gasteiger partial charge in [0.1, 0.15) is 32.7 Å². The number of nitrogens with one attached hydrogen (secondary N) is 2. The molecule has 3 aliphatic heterocycles. The molecule has 3 aliphatic rings. The van der Waals surface area contributed by atoms with Crippen molar-refractivity contribution in [2.45, 2.75) is 13.0 Å². The van der Waals surface area contributed by atoms with Crippen LogP contribution in [0.2, 0.25) is 0 Å². The molecule has 2 N–H and O–H groups in total. The Bertz CT molecular complexity index is 939. The number of fused-ring (bicyclic) bond motifs is 1. The highest BCUT2D eigenvalue weighted by atomic mass is 16.7. The molecule has 1 amide bonds. The number of piperazine rings is 1. The van der Waals surface area contributed by atoms with Crippen LogP contribution in [0.5, 0.6) is 11.5 Å². The minimum absolute atomic E-state index is 0.134. The number of quaternary nitrogens is 2. The average molecular weight is 409 g/mol. The standard InChI is InChI=1S/C23H26N4O3/c28-23(27-9-8-20(24-27)19-4-2-1-3-5-19)16-26-12-10-25(11-13-26)15-18-6-7-21-22(14-18)30-17-29-21/h1-7,14H,8-13,15-17H2/p+2. The lowest BCUT2D eigenvalue weighted by Gasteiger charge is -2.29. The maximum absolute atomic E-state index is 12.7. The first-order valence-corrected chi connectivity index (χ1v) is 10.7. The molecule has 7 heteroatoms. The van der Waals surface area contributed by atoms with E-state index < -0.39 is 0 Å². The van der Waals surface area contributed by atoms with Crippen LogP contribution < -0.4 is 19.3 Å². The molecule has 0 radical (unpaired) electrons. The molecular weight excluding hydrogens is 380 g/mol. The molecule has 0 aliphatic carbocycles. The van der Waals surface area contributed by atoms with E-state index in [9.17, 15) is 4.79 Å². The van der Waals surface area contributed by atoms with Crippen molar-refractivity contribution in [1.29, 1.82) is 0 Å². The molecule has 7 nitrogen and oxygen atoms in total. The van der Waals surface area contributed by atoms with Gasteiger partial charge < -0.3 is 19.3 Å². The molecule has 1 saturated heterocycles. The molecule has 0 atom stereocenters. The van der Waals surface area contributed by atoms with Gasteiger partial charge in [-0.25, -0.2) is 5.01 Å². The summed E-state index contributed by atoms with van der Waals surface area (Å²) in [6.07, 6.45) is 0.832. The number of carbonyl (C=O) groups excluding carboxylic acids is 1. The Morgan fingerprint density at radius 1 is 0.967 bits per heavy atom. The molecule has 0 aromatic heterocycles. The molecule has 3 heterocycles. The van der Waals surface area contributed by atoms with Gasteiger partial charge in [0, 0.05) is 12.0 Å². The summed E-state index contributed by atoms with van der Waals surface area (Å²) in [6.45, 7) is 6.67. The number of nitrogens with zero attached hydrogens (tertiary/aromatic N) is 2. The first-order chi connectivity index (χ1) is 14.7. The Kier molecular flexibility index (Phi) is 5.38. The number of hydrogen-bond acceptors (Lipinski definition) is 4. The number of rotatable bonds is 5. The summed E-state index contributed by atoms with van der Waals surface area (Å²) in [4.78, 5) is 15.6. The second-order valence-electron chi connectivity index (χ2n) is 8.22. The zero-order valence-electron chi connectivity index (χ0n) is 17.1. The lowest BCUT2D eigenvalue weighted by atomic mass is 10.1. The highest BCUT2D eigenvalue weighted by molar-refractivity contribution is 6.02. The Morgan fingerprint density at radius 3 is 2.57 bits per heavy atom. The fourth-order valence-electron chi connectivity index (χ4n) is 4.43. The van der Waals surface area contributed by atoms with E-state index in [4.69, 9.17) is 9.47 Å². The quantitative estimate of drug-likeness (QED) is 0.691. The fraction of sp³-hybridized carbons (Fsp3) is 0.391. The summed E-state index contributed by atoms with van der Waals surface area (Å²) in [5, 5.41) is 6.25. The Labute approximate surface area is 176 Å². The van der Waals surface area contributed by atoms with Gasteiger partial charge in [0.25, 0.3) is 5.91 Å². The van der Waals surface area contributed by atoms with E-state index in [1.807, 2.05) is 24.3 Å². The van der Waals surface area contributed by atoms with E-state index in [2.05, 4.69) is 29.4 Å². The third-order valence-corrected chi connectivity index (χ3v) is 6.15. The van der Waals surface area contributed by atoms with Crippen molar-refractivity contribution in [3.63, 3.8) is 0 Å². The van der Waals surface area contributed by atoms with Crippen molar-refractivity contribution in [2.24, 2.45) is 5.10 Å². The Morgan fingerprint density at radius 2 is 1.73 bits per heavy atom. The normalized spacial score (nSPS) is 22.8. The summed E-state index contributed by atoms with van der Waals surface area (Å²) in [7, 11) is 0. The van der Waals surface area contributed by atoms with E-state index in [1.165, 1.54) is 10.5 Å². The Hall–Kier alpha value is -2.90. The minimum atomic E-state index is 0.134. The molecule has 2 aromatic rings. The smallest absolute Gasteiger partial charge is 0.297 e. The minimum Gasteiger partial charge on any atom is -0.454 e. The molecule has 5 rings (SSSR count). The van der Waals surface area contributed by atoms with Crippen LogP contribution >= 0.6 is 0 Å². The highest BCUT2D eigenvalue weighted by Gasteiger charge is 2.29. The monoisotopic (exact) mass is 408 g/mol. The lowest BCUT2D eigenvalue weighted by Crippen LogP contribution is -3.28. The van der Waals surface area contributed by atoms with Crippen LogP contribution in [0, 0.1) is 0 Å². The number of hydrogen-bond donors (Lipinski definition) is 2. The maximum atomic E-state index is 12.7. The highest BCUT2D eigenvalue weighted by Crippen LogP contribution is 2.32. The van der Waals surface area contributed by atoms with Crippen molar-refractivity contribution < 1.29 is 24.1 Å². The van der Waals surface area contributed by atoms with Crippen LogP contribution in [-0.4, -0.2) is 62.7 Å². The van der Waals surface area contributed by atoms with Gasteiger partial charge in [-0.3, -0.25) is 4.79 Å². The summed E-state index contributed by atoms with van der Waals surface area (Å²) in [5.74, 6) is 1.82. The van der Waals surface area contributed by atoms with Gasteiger partial charge in [0.2, 0.25) is 6.79 Å². The van der Waals surface area contributed by atoms with Gasteiger partial charge in [-0.05, 0) is 23.8 Å². The van der Waals surface area contributed by atoms with Gasteiger partial charge in [-0.2, -0.15) is 5.10 Å². The topological polar surface area (TPSA) is 60.0 Å². The number of ether oxygens (including phenoxy) is 2. The second-order valence-corrected chi connectivity index (χ2v) is 8.22. The number of benzene rings is 2. The zero-order chi connectivity index (χ0) is 20.3. The maximum Gasteiger partial charge on any atom is 0.297 e. The van der Waals surface area contributed by atoms with Crippen molar-refractivity contribution >= 4 is 11.6 Å². The van der Waals surface area contributed by atoms with Crippen LogP contribution in [0.4, 0.5) is 0 Å². The predicted octanol–water partition coefficient (Wildman–Crippen LogP) is -0.665. The van der Waals surface area contributed by atoms with Gasteiger partial charge in [-0.1, -0.05) is 30.3 Å². The average Bonchev–Trinajstić information content (AvgIpc) is 3.45. The molecule has 0 unspecified atom stereocenters. The molecule has 1 fully saturated rings. The van der Waals surface area contributed by atoms with Crippen LogP contribution in [0.15, 0.2) is 53.6 Å². The molecule has 0 saturated carbocycles. The molecule has 30 heavy (non-hydrogen) atoms. The SMILES string of the molecule is O=C(C[NH+]1CC[NH+](Cc2ccc3c(c2)OCO3)CC1)N1CCC(c2ccccc2)=N1. The molecule has 0 bridgehead atoms. The Balaban J connectivity index is 1.10. The predicted molar refractivity (Wildman–Crippen MR) is 112 cm³/mol. The van der Waals surface area contributed by atoms with E-state index in [1.54, 1.807) is 9.91 Å². The third-order valence-electron chi connectivity index (χ3n) is 6.15. The summed E-state index contributed by atoms with van der Waals surface area (Å²) in [5.41, 5.74) is 3.39. The molecule has 156 valence electrons. The van der Waals surface area contributed by atoms with Gasteiger partial charge in [0.15, 0.2) is 18.0 Å². The van der Waals surface area contributed by atoms with Crippen molar-refractivity contribution in [3.05, 3.63) is 59.7 Å². The van der Waals surface area contributed by atoms with Crippen LogP contribution in [0.25, 0.3) is 0 Å². The second kappa shape index (κ2) is 8.45. The van der Waals surface area contributed by atoms with Crippen molar-refractivity contribution in [1.82, 2.24) is 5.01 Å². The summed E-state index contributed by atoms with van der Waals surface area (Å²) >= 11 is 0. The zero-order valence-corrected chi connectivity index (χ0v) is 17.1. The first kappa shape index (κ1) is 19.1. The van der Waals surface area contributed by atoms with Gasteiger partial charge in [0.05, 0.1) is 12.3 Å². The van der Waals surface area contributed by atoms with Crippen LogP contribution in [0.1, 0.15) is 17.5 Å². The van der Waals surface area contributed by atoms with Gasteiger partial charge >= 0.3 is 0 Å². The first-order valence-electron chi connectivity index (χ1n) is 10.7.